The molecule has 2 aliphatic rings. The summed E-state index contributed by atoms with van der Waals surface area (Å²) >= 11 is 3.35. The lowest BCUT2D eigenvalue weighted by molar-refractivity contribution is -0.133. The Morgan fingerprint density at radius 3 is 2.68 bits per heavy atom. The van der Waals surface area contributed by atoms with Crippen molar-refractivity contribution in [1.29, 1.82) is 0 Å². The van der Waals surface area contributed by atoms with E-state index in [1.54, 1.807) is 18.2 Å². The molecule has 5 heteroatoms. The van der Waals surface area contributed by atoms with Crippen LogP contribution in [0, 0.1) is 0 Å². The molecule has 25 heavy (non-hydrogen) atoms. The lowest BCUT2D eigenvalue weighted by Crippen LogP contribution is -2.36. The second-order valence-corrected chi connectivity index (χ2v) is 7.71. The van der Waals surface area contributed by atoms with Gasteiger partial charge in [0, 0.05) is 21.3 Å². The Morgan fingerprint density at radius 1 is 1.12 bits per heavy atom. The van der Waals surface area contributed by atoms with Gasteiger partial charge in [0.25, 0.3) is 5.91 Å². The van der Waals surface area contributed by atoms with Crippen molar-refractivity contribution in [3.8, 4) is 0 Å². The number of carbonyl (C=O) groups is 2. The molecule has 2 aromatic rings. The molecule has 0 saturated carbocycles. The van der Waals surface area contributed by atoms with Crippen molar-refractivity contribution in [2.75, 3.05) is 5.32 Å². The van der Waals surface area contributed by atoms with Crippen molar-refractivity contribution < 1.29 is 14.7 Å². The monoisotopic (exact) mass is 399 g/mol. The molecule has 0 radical (unpaired) electrons. The predicted molar refractivity (Wildman–Crippen MR) is 98.7 cm³/mol. The zero-order valence-electron chi connectivity index (χ0n) is 13.6. The maximum Gasteiger partial charge on any atom is 0.261 e. The number of carbonyl (C=O) groups excluding carboxylic acids is 2. The Kier molecular flexibility index (Phi) is 4.01. The van der Waals surface area contributed by atoms with Crippen LogP contribution in [-0.4, -0.2) is 16.8 Å². The maximum absolute atomic E-state index is 12.8. The molecule has 1 aliphatic carbocycles. The van der Waals surface area contributed by atoms with Gasteiger partial charge in [0.1, 0.15) is 0 Å². The molecule has 0 spiro atoms. The van der Waals surface area contributed by atoms with Gasteiger partial charge in [0.2, 0.25) is 0 Å². The van der Waals surface area contributed by atoms with Gasteiger partial charge in [-0.2, -0.15) is 0 Å². The number of benzene rings is 2. The molecule has 0 fully saturated rings. The molecule has 0 unspecified atom stereocenters. The van der Waals surface area contributed by atoms with Crippen LogP contribution in [0.15, 0.2) is 40.9 Å². The minimum atomic E-state index is -1.83. The number of ketones is 1. The summed E-state index contributed by atoms with van der Waals surface area (Å²) in [5.41, 5.74) is 2.24. The molecule has 1 atom stereocenters. The second-order valence-electron chi connectivity index (χ2n) is 6.79. The molecule has 2 N–H and O–H groups in total. The first kappa shape index (κ1) is 16.5. The largest absolute Gasteiger partial charge is 0.375 e. The van der Waals surface area contributed by atoms with E-state index in [1.165, 1.54) is 17.5 Å². The fourth-order valence-corrected chi connectivity index (χ4v) is 4.09. The van der Waals surface area contributed by atoms with E-state index in [0.717, 1.165) is 23.7 Å². The molecule has 128 valence electrons. The lowest BCUT2D eigenvalue weighted by atomic mass is 9.85. The first-order chi connectivity index (χ1) is 12.0. The van der Waals surface area contributed by atoms with Crippen LogP contribution in [0.1, 0.15) is 46.3 Å². The molecule has 2 aromatic carbocycles. The number of fused-ring (bicyclic) bond motifs is 2. The minimum Gasteiger partial charge on any atom is -0.375 e. The minimum absolute atomic E-state index is 0.223. The molecule has 1 amide bonds. The summed E-state index contributed by atoms with van der Waals surface area (Å²) in [5.74, 6) is -0.772. The van der Waals surface area contributed by atoms with Crippen LogP contribution < -0.4 is 5.32 Å². The third-order valence-corrected chi connectivity index (χ3v) is 5.63. The number of hydrogen-bond donors (Lipinski definition) is 2. The number of rotatable bonds is 3. The van der Waals surface area contributed by atoms with E-state index in [4.69, 9.17) is 0 Å². The molecule has 4 rings (SSSR count). The highest BCUT2D eigenvalue weighted by Crippen LogP contribution is 2.40. The highest BCUT2D eigenvalue weighted by molar-refractivity contribution is 9.10. The Bertz CT molecular complexity index is 893. The number of aryl methyl sites for hydroxylation is 2. The second kappa shape index (κ2) is 6.07. The van der Waals surface area contributed by atoms with Gasteiger partial charge in [0.05, 0.1) is 6.42 Å². The third kappa shape index (κ3) is 2.81. The van der Waals surface area contributed by atoms with Crippen LogP contribution in [0.5, 0.6) is 0 Å². The van der Waals surface area contributed by atoms with Crippen LogP contribution in [-0.2, 0) is 23.2 Å². The summed E-state index contributed by atoms with van der Waals surface area (Å²) in [4.78, 5) is 25.1. The van der Waals surface area contributed by atoms with Crippen molar-refractivity contribution in [3.63, 3.8) is 0 Å². The average Bonchev–Trinajstić information content (AvgIpc) is 2.85. The molecule has 4 nitrogen and oxygen atoms in total. The van der Waals surface area contributed by atoms with Crippen molar-refractivity contribution in [3.05, 3.63) is 63.1 Å². The number of aliphatic hydroxyl groups is 1. The van der Waals surface area contributed by atoms with Crippen LogP contribution in [0.3, 0.4) is 0 Å². The van der Waals surface area contributed by atoms with Gasteiger partial charge >= 0.3 is 0 Å². The predicted octanol–water partition coefficient (Wildman–Crippen LogP) is 3.74. The summed E-state index contributed by atoms with van der Waals surface area (Å²) in [6.07, 6.45) is 4.10. The van der Waals surface area contributed by atoms with Crippen molar-refractivity contribution in [1.82, 2.24) is 0 Å². The van der Waals surface area contributed by atoms with E-state index < -0.39 is 11.5 Å². The Labute approximate surface area is 154 Å². The van der Waals surface area contributed by atoms with Gasteiger partial charge in [-0.3, -0.25) is 9.59 Å². The zero-order chi connectivity index (χ0) is 17.6. The SMILES string of the molecule is O=C(C[C@]1(O)C(=O)Nc2ccc(Br)cc21)c1ccc2c(c1)CCCC2. The first-order valence-electron chi connectivity index (χ1n) is 8.46. The van der Waals surface area contributed by atoms with E-state index >= 15 is 0 Å². The van der Waals surface area contributed by atoms with Gasteiger partial charge in [-0.1, -0.05) is 28.1 Å². The quantitative estimate of drug-likeness (QED) is 0.772. The number of hydrogen-bond acceptors (Lipinski definition) is 3. The molecular weight excluding hydrogens is 382 g/mol. The van der Waals surface area contributed by atoms with Crippen LogP contribution in [0.2, 0.25) is 0 Å². The smallest absolute Gasteiger partial charge is 0.261 e. The van der Waals surface area contributed by atoms with E-state index in [0.29, 0.717) is 16.8 Å². The van der Waals surface area contributed by atoms with Gasteiger partial charge in [-0.05, 0) is 61.1 Å². The van der Waals surface area contributed by atoms with Crippen LogP contribution >= 0.6 is 15.9 Å². The highest BCUT2D eigenvalue weighted by atomic mass is 79.9. The highest BCUT2D eigenvalue weighted by Gasteiger charge is 2.46. The summed E-state index contributed by atoms with van der Waals surface area (Å²) in [5, 5.41) is 13.6. The van der Waals surface area contributed by atoms with E-state index in [1.807, 2.05) is 18.2 Å². The Balaban J connectivity index is 1.65. The number of Topliss-reactive ketones (excluding diaryl/α,β-unsaturated/α-hetero) is 1. The maximum atomic E-state index is 12.8. The Hall–Kier alpha value is -1.98. The standard InChI is InChI=1S/C20H18BrNO3/c21-15-7-8-17-16(10-15)20(25,19(24)22-17)11-18(23)14-6-5-12-3-1-2-4-13(12)9-14/h5-10,25H,1-4,11H2,(H,22,24)/t20-/m1/s1. The summed E-state index contributed by atoms with van der Waals surface area (Å²) in [6, 6.07) is 10.9. The molecule has 0 aromatic heterocycles. The first-order valence-corrected chi connectivity index (χ1v) is 9.25. The fraction of sp³-hybridized carbons (Fsp3) is 0.300. The molecule has 1 heterocycles. The summed E-state index contributed by atoms with van der Waals surface area (Å²) in [7, 11) is 0. The number of halogens is 1. The van der Waals surface area contributed by atoms with E-state index in [2.05, 4.69) is 21.2 Å². The van der Waals surface area contributed by atoms with Gasteiger partial charge < -0.3 is 10.4 Å². The van der Waals surface area contributed by atoms with E-state index in [-0.39, 0.29) is 12.2 Å². The third-order valence-electron chi connectivity index (χ3n) is 5.14. The molecule has 0 saturated heterocycles. The Morgan fingerprint density at radius 2 is 1.88 bits per heavy atom. The molecule has 0 bridgehead atoms. The topological polar surface area (TPSA) is 66.4 Å². The van der Waals surface area contributed by atoms with Crippen molar-refractivity contribution >= 4 is 33.3 Å². The fourth-order valence-electron chi connectivity index (χ4n) is 3.73. The molecule has 1 aliphatic heterocycles. The van der Waals surface area contributed by atoms with Gasteiger partial charge in [-0.15, -0.1) is 0 Å². The van der Waals surface area contributed by atoms with Crippen LogP contribution in [0.4, 0.5) is 5.69 Å². The zero-order valence-corrected chi connectivity index (χ0v) is 15.2. The van der Waals surface area contributed by atoms with Gasteiger partial charge in [-0.25, -0.2) is 0 Å². The normalized spacial score (nSPS) is 21.4. The van der Waals surface area contributed by atoms with Crippen LogP contribution in [0.25, 0.3) is 0 Å². The van der Waals surface area contributed by atoms with Crippen molar-refractivity contribution in [2.24, 2.45) is 0 Å². The summed E-state index contributed by atoms with van der Waals surface area (Å²) < 4.78 is 0.752. The number of amides is 1. The van der Waals surface area contributed by atoms with Crippen molar-refractivity contribution in [2.45, 2.75) is 37.7 Å². The lowest BCUT2D eigenvalue weighted by Gasteiger charge is -2.21. The van der Waals surface area contributed by atoms with E-state index in [9.17, 15) is 14.7 Å². The summed E-state index contributed by atoms with van der Waals surface area (Å²) in [6.45, 7) is 0. The van der Waals surface area contributed by atoms with Gasteiger partial charge in [0.15, 0.2) is 11.4 Å². The molecular formula is C20H18BrNO3. The average molecular weight is 400 g/mol. The number of nitrogens with one attached hydrogen (secondary N) is 1. The number of anilines is 1.